The maximum absolute atomic E-state index is 13.1. The summed E-state index contributed by atoms with van der Waals surface area (Å²) in [5.41, 5.74) is 1.32. The van der Waals surface area contributed by atoms with E-state index in [0.29, 0.717) is 27.9 Å². The van der Waals surface area contributed by atoms with Gasteiger partial charge in [0.1, 0.15) is 21.8 Å². The average molecular weight is 473 g/mol. The van der Waals surface area contributed by atoms with Crippen LogP contribution < -0.4 is 10.5 Å². The second kappa shape index (κ2) is 11.2. The zero-order valence-electron chi connectivity index (χ0n) is 19.3. The van der Waals surface area contributed by atoms with E-state index in [0.717, 1.165) is 56.6 Å². The highest BCUT2D eigenvalue weighted by Gasteiger charge is 2.33. The molecule has 3 heterocycles. The molecule has 6 nitrogen and oxygen atoms in total. The molecular weight excluding hydrogens is 440 g/mol. The molecule has 0 N–H and O–H groups in total. The number of anilines is 1. The summed E-state index contributed by atoms with van der Waals surface area (Å²) in [5.74, 6) is 0.747. The lowest BCUT2D eigenvalue weighted by Gasteiger charge is -2.29. The van der Waals surface area contributed by atoms with Gasteiger partial charge in [0, 0.05) is 31.7 Å². The van der Waals surface area contributed by atoms with Gasteiger partial charge in [-0.1, -0.05) is 56.6 Å². The van der Waals surface area contributed by atoms with Crippen molar-refractivity contribution in [1.82, 2.24) is 9.47 Å². The molecule has 32 heavy (non-hydrogen) atoms. The lowest BCUT2D eigenvalue weighted by Crippen LogP contribution is -2.35. The van der Waals surface area contributed by atoms with Crippen LogP contribution in [-0.2, 0) is 11.3 Å². The summed E-state index contributed by atoms with van der Waals surface area (Å²) >= 11 is 6.81. The number of amides is 1. The highest BCUT2D eigenvalue weighted by atomic mass is 32.2. The van der Waals surface area contributed by atoms with Crippen molar-refractivity contribution in [2.24, 2.45) is 0 Å². The SMILES string of the molecule is CCCCCN1C(=O)/C(=C\c2c(C)c(C#N)c(=O)n(CC)c2N2CCCCCC2)SC1=S. The molecule has 2 saturated heterocycles. The molecule has 3 rings (SSSR count). The molecule has 0 atom stereocenters. The van der Waals surface area contributed by atoms with Crippen LogP contribution in [0.4, 0.5) is 5.82 Å². The number of carbonyl (C=O) groups excluding carboxylic acids is 1. The van der Waals surface area contributed by atoms with E-state index in [1.165, 1.54) is 24.6 Å². The number of nitriles is 1. The van der Waals surface area contributed by atoms with E-state index in [9.17, 15) is 14.9 Å². The van der Waals surface area contributed by atoms with Crippen LogP contribution in [0.1, 0.15) is 75.5 Å². The first-order valence-electron chi connectivity index (χ1n) is 11.6. The minimum atomic E-state index is -0.254. The van der Waals surface area contributed by atoms with Gasteiger partial charge in [-0.15, -0.1) is 0 Å². The number of nitrogens with zero attached hydrogens (tertiary/aromatic N) is 4. The second-order valence-electron chi connectivity index (χ2n) is 8.34. The Labute approximate surface area is 200 Å². The zero-order valence-corrected chi connectivity index (χ0v) is 20.9. The van der Waals surface area contributed by atoms with Gasteiger partial charge in [0.25, 0.3) is 11.5 Å². The quantitative estimate of drug-likeness (QED) is 0.322. The van der Waals surface area contributed by atoms with Crippen LogP contribution in [0.2, 0.25) is 0 Å². The van der Waals surface area contributed by atoms with Crippen LogP contribution in [-0.4, -0.2) is 39.3 Å². The smallest absolute Gasteiger partial charge is 0.270 e. The maximum Gasteiger partial charge on any atom is 0.270 e. The third-order valence-corrected chi connectivity index (χ3v) is 7.58. The Bertz CT molecular complexity index is 1010. The average Bonchev–Trinajstić information content (AvgIpc) is 2.95. The molecule has 1 aromatic rings. The summed E-state index contributed by atoms with van der Waals surface area (Å²) in [5, 5.41) is 9.71. The van der Waals surface area contributed by atoms with Gasteiger partial charge in [0.15, 0.2) is 0 Å². The lowest BCUT2D eigenvalue weighted by molar-refractivity contribution is -0.122. The number of carbonyl (C=O) groups is 1. The molecule has 2 aliphatic heterocycles. The van der Waals surface area contributed by atoms with E-state index >= 15 is 0 Å². The zero-order chi connectivity index (χ0) is 23.3. The van der Waals surface area contributed by atoms with Crippen LogP contribution in [0.5, 0.6) is 0 Å². The van der Waals surface area contributed by atoms with Gasteiger partial charge in [0.2, 0.25) is 0 Å². The first-order chi connectivity index (χ1) is 15.4. The standard InChI is InChI=1S/C24H32N4O2S2/c1-4-6-9-14-28-23(30)20(32-24(28)31)15-18-17(3)19(16-25)22(29)27(5-2)21(18)26-12-10-7-8-11-13-26/h15H,4-14H2,1-3H3/b20-15+. The van der Waals surface area contributed by atoms with Gasteiger partial charge in [-0.25, -0.2) is 0 Å². The first kappa shape index (κ1) is 24.5. The number of hydrogen-bond donors (Lipinski definition) is 0. The van der Waals surface area contributed by atoms with Gasteiger partial charge in [-0.2, -0.15) is 5.26 Å². The summed E-state index contributed by atoms with van der Waals surface area (Å²) in [7, 11) is 0. The van der Waals surface area contributed by atoms with Gasteiger partial charge >= 0.3 is 0 Å². The van der Waals surface area contributed by atoms with Crippen LogP contribution in [0.15, 0.2) is 9.70 Å². The Morgan fingerprint density at radius 3 is 2.41 bits per heavy atom. The van der Waals surface area contributed by atoms with E-state index in [-0.39, 0.29) is 17.0 Å². The van der Waals surface area contributed by atoms with Gasteiger partial charge in [0.05, 0.1) is 4.91 Å². The van der Waals surface area contributed by atoms with Crippen molar-refractivity contribution in [1.29, 1.82) is 5.26 Å². The molecule has 0 saturated carbocycles. The van der Waals surface area contributed by atoms with Crippen LogP contribution >= 0.6 is 24.0 Å². The van der Waals surface area contributed by atoms with Crippen molar-refractivity contribution in [2.45, 2.75) is 72.3 Å². The summed E-state index contributed by atoms with van der Waals surface area (Å²) < 4.78 is 2.28. The molecule has 172 valence electrons. The largest absolute Gasteiger partial charge is 0.357 e. The molecule has 0 aliphatic carbocycles. The summed E-state index contributed by atoms with van der Waals surface area (Å²) in [6, 6.07) is 2.10. The van der Waals surface area contributed by atoms with Gasteiger partial charge in [-0.3, -0.25) is 19.1 Å². The fourth-order valence-corrected chi connectivity index (χ4v) is 5.69. The van der Waals surface area contributed by atoms with E-state index < -0.39 is 0 Å². The van der Waals surface area contributed by atoms with E-state index in [1.807, 2.05) is 19.9 Å². The predicted molar refractivity (Wildman–Crippen MR) is 136 cm³/mol. The Morgan fingerprint density at radius 2 is 1.81 bits per heavy atom. The molecule has 0 bridgehead atoms. The number of unbranched alkanes of at least 4 members (excludes halogenated alkanes) is 2. The van der Waals surface area contributed by atoms with E-state index in [1.54, 1.807) is 9.47 Å². The minimum Gasteiger partial charge on any atom is -0.357 e. The van der Waals surface area contributed by atoms with Crippen molar-refractivity contribution >= 4 is 46.1 Å². The van der Waals surface area contributed by atoms with E-state index in [2.05, 4.69) is 17.9 Å². The molecule has 0 radical (unpaired) electrons. The minimum absolute atomic E-state index is 0.0786. The van der Waals surface area contributed by atoms with Gasteiger partial charge in [-0.05, 0) is 44.7 Å². The first-order valence-corrected chi connectivity index (χ1v) is 12.8. The molecule has 1 aromatic heterocycles. The Balaban J connectivity index is 2.12. The Morgan fingerprint density at radius 1 is 1.12 bits per heavy atom. The van der Waals surface area contributed by atoms with Crippen LogP contribution in [0.25, 0.3) is 6.08 Å². The predicted octanol–water partition coefficient (Wildman–Crippen LogP) is 4.82. The molecule has 0 aromatic carbocycles. The van der Waals surface area contributed by atoms with Crippen molar-refractivity contribution in [3.63, 3.8) is 0 Å². The highest BCUT2D eigenvalue weighted by molar-refractivity contribution is 8.26. The number of rotatable bonds is 7. The molecule has 8 heteroatoms. The maximum atomic E-state index is 13.1. The lowest BCUT2D eigenvalue weighted by atomic mass is 10.0. The number of aromatic nitrogens is 1. The molecular formula is C24H32N4O2S2. The monoisotopic (exact) mass is 472 g/mol. The normalized spacial score (nSPS) is 18.4. The fraction of sp³-hybridized carbons (Fsp3) is 0.583. The number of thiocarbonyl (C=S) groups is 1. The van der Waals surface area contributed by atoms with E-state index in [4.69, 9.17) is 12.2 Å². The molecule has 0 spiro atoms. The Hall–Kier alpha value is -2.11. The molecule has 1 amide bonds. The number of thioether (sulfide) groups is 1. The van der Waals surface area contributed by atoms with Crippen molar-refractivity contribution in [3.05, 3.63) is 31.9 Å². The van der Waals surface area contributed by atoms with Crippen molar-refractivity contribution in [3.8, 4) is 6.07 Å². The topological polar surface area (TPSA) is 69.3 Å². The summed E-state index contributed by atoms with van der Waals surface area (Å²) in [6.45, 7) is 8.70. The summed E-state index contributed by atoms with van der Waals surface area (Å²) in [6.07, 6.45) is 9.40. The molecule has 2 fully saturated rings. The van der Waals surface area contributed by atoms with Crippen molar-refractivity contribution in [2.75, 3.05) is 24.5 Å². The molecule has 0 unspecified atom stereocenters. The third kappa shape index (κ3) is 4.94. The number of pyridine rings is 1. The third-order valence-electron chi connectivity index (χ3n) is 6.20. The second-order valence-corrected chi connectivity index (χ2v) is 10.0. The van der Waals surface area contributed by atoms with Crippen LogP contribution in [0.3, 0.4) is 0 Å². The summed E-state index contributed by atoms with van der Waals surface area (Å²) in [4.78, 5) is 30.8. The van der Waals surface area contributed by atoms with Gasteiger partial charge < -0.3 is 4.90 Å². The fourth-order valence-electron chi connectivity index (χ4n) is 4.40. The van der Waals surface area contributed by atoms with Crippen molar-refractivity contribution < 1.29 is 4.79 Å². The molecule has 2 aliphatic rings. The number of hydrogen-bond acceptors (Lipinski definition) is 6. The Kier molecular flexibility index (Phi) is 8.55. The highest BCUT2D eigenvalue weighted by Crippen LogP contribution is 2.36. The van der Waals surface area contributed by atoms with Crippen LogP contribution in [0, 0.1) is 18.3 Å².